The number of aromatic amines is 1. The Kier molecular flexibility index (Phi) is 11.4. The lowest BCUT2D eigenvalue weighted by molar-refractivity contribution is -0.141. The SMILES string of the molecule is CC(C)CC(NC(=O)C(N)Cc1cnc[nH]1)C(=O)NC(CC(N)=O)C(=O)NC(CS)C(=O)O. The molecule has 0 radical (unpaired) electrons. The lowest BCUT2D eigenvalue weighted by Gasteiger charge is -2.25. The number of nitrogens with zero attached hydrogens (tertiary/aromatic N) is 1. The van der Waals surface area contributed by atoms with Gasteiger partial charge in [0.05, 0.1) is 18.8 Å². The molecule has 1 aromatic rings. The van der Waals surface area contributed by atoms with Gasteiger partial charge in [-0.1, -0.05) is 13.8 Å². The van der Waals surface area contributed by atoms with Crippen molar-refractivity contribution in [2.45, 2.75) is 57.3 Å². The number of amides is 4. The molecule has 1 aromatic heterocycles. The third kappa shape index (κ3) is 9.91. The molecule has 4 amide bonds. The molecule has 0 aliphatic carbocycles. The van der Waals surface area contributed by atoms with E-state index >= 15 is 0 Å². The third-order valence-electron chi connectivity index (χ3n) is 4.51. The van der Waals surface area contributed by atoms with E-state index in [0.717, 1.165) is 0 Å². The van der Waals surface area contributed by atoms with Crippen molar-refractivity contribution in [2.24, 2.45) is 17.4 Å². The first kappa shape index (κ1) is 27.9. The van der Waals surface area contributed by atoms with Gasteiger partial charge in [-0.15, -0.1) is 0 Å². The molecule has 0 aliphatic rings. The van der Waals surface area contributed by atoms with Crippen molar-refractivity contribution in [1.29, 1.82) is 0 Å². The van der Waals surface area contributed by atoms with Crippen molar-refractivity contribution in [3.8, 4) is 0 Å². The van der Waals surface area contributed by atoms with E-state index in [1.54, 1.807) is 0 Å². The lowest BCUT2D eigenvalue weighted by Crippen LogP contribution is -2.58. The molecule has 0 saturated carbocycles. The first-order valence-corrected chi connectivity index (χ1v) is 10.8. The van der Waals surface area contributed by atoms with Crippen LogP contribution < -0.4 is 27.4 Å². The Hall–Kier alpha value is -3.13. The van der Waals surface area contributed by atoms with E-state index < -0.39 is 60.2 Å². The van der Waals surface area contributed by atoms with Crippen LogP contribution in [0.3, 0.4) is 0 Å². The number of carboxylic acid groups (broad SMARTS) is 1. The van der Waals surface area contributed by atoms with Gasteiger partial charge < -0.3 is 37.5 Å². The Balaban J connectivity index is 2.92. The minimum atomic E-state index is -1.44. The number of imidazole rings is 1. The van der Waals surface area contributed by atoms with Crippen LogP contribution in [0.4, 0.5) is 0 Å². The zero-order chi connectivity index (χ0) is 25.1. The monoisotopic (exact) mass is 485 g/mol. The summed E-state index contributed by atoms with van der Waals surface area (Å²) in [7, 11) is 0. The molecule has 0 spiro atoms. The summed E-state index contributed by atoms with van der Waals surface area (Å²) >= 11 is 3.86. The van der Waals surface area contributed by atoms with E-state index in [-0.39, 0.29) is 24.5 Å². The number of H-pyrrole nitrogens is 1. The smallest absolute Gasteiger partial charge is 0.327 e. The van der Waals surface area contributed by atoms with E-state index in [1.165, 1.54) is 12.5 Å². The van der Waals surface area contributed by atoms with Crippen LogP contribution in [0.5, 0.6) is 0 Å². The maximum Gasteiger partial charge on any atom is 0.327 e. The number of nitrogens with one attached hydrogen (secondary N) is 4. The van der Waals surface area contributed by atoms with Crippen LogP contribution >= 0.6 is 12.6 Å². The number of hydrogen-bond acceptors (Lipinski definition) is 8. The van der Waals surface area contributed by atoms with E-state index in [9.17, 15) is 24.0 Å². The van der Waals surface area contributed by atoms with Gasteiger partial charge in [0.25, 0.3) is 0 Å². The van der Waals surface area contributed by atoms with Gasteiger partial charge in [-0.3, -0.25) is 19.2 Å². The molecule has 0 fully saturated rings. The second-order valence-electron chi connectivity index (χ2n) is 7.89. The van der Waals surface area contributed by atoms with Crippen LogP contribution in [-0.4, -0.2) is 74.6 Å². The van der Waals surface area contributed by atoms with Crippen molar-refractivity contribution < 1.29 is 29.1 Å². The van der Waals surface area contributed by atoms with Gasteiger partial charge in [-0.05, 0) is 12.3 Å². The van der Waals surface area contributed by atoms with Crippen LogP contribution in [-0.2, 0) is 30.4 Å². The Bertz CT molecular complexity index is 833. The minimum Gasteiger partial charge on any atom is -0.480 e. The summed E-state index contributed by atoms with van der Waals surface area (Å²) in [6.45, 7) is 3.66. The fourth-order valence-corrected chi connectivity index (χ4v) is 3.10. The molecule has 0 aromatic carbocycles. The molecular weight excluding hydrogens is 454 g/mol. The summed E-state index contributed by atoms with van der Waals surface area (Å²) in [6.07, 6.45) is 2.77. The molecule has 4 atom stereocenters. The highest BCUT2D eigenvalue weighted by Gasteiger charge is 2.31. The molecule has 184 valence electrons. The maximum absolute atomic E-state index is 12.9. The van der Waals surface area contributed by atoms with E-state index in [0.29, 0.717) is 5.69 Å². The quantitative estimate of drug-likeness (QED) is 0.133. The summed E-state index contributed by atoms with van der Waals surface area (Å²) in [4.78, 5) is 67.2. The predicted molar refractivity (Wildman–Crippen MR) is 121 cm³/mol. The molecule has 14 heteroatoms. The highest BCUT2D eigenvalue weighted by molar-refractivity contribution is 7.80. The number of thiol groups is 1. The minimum absolute atomic E-state index is 0.0196. The summed E-state index contributed by atoms with van der Waals surface area (Å²) in [5.74, 6) is -4.72. The Morgan fingerprint density at radius 1 is 1.06 bits per heavy atom. The topological polar surface area (TPSA) is 222 Å². The number of rotatable bonds is 14. The predicted octanol–water partition coefficient (Wildman–Crippen LogP) is -2.33. The molecular formula is C19H31N7O6S. The average Bonchev–Trinajstić information content (AvgIpc) is 3.22. The fraction of sp³-hybridized carbons (Fsp3) is 0.579. The number of hydrogen-bond donors (Lipinski definition) is 8. The first-order valence-electron chi connectivity index (χ1n) is 10.2. The summed E-state index contributed by atoms with van der Waals surface area (Å²) in [5, 5.41) is 16.2. The van der Waals surface area contributed by atoms with Gasteiger partial charge in [-0.25, -0.2) is 9.78 Å². The zero-order valence-corrected chi connectivity index (χ0v) is 19.3. The van der Waals surface area contributed by atoms with Crippen LogP contribution in [0.15, 0.2) is 12.5 Å². The Morgan fingerprint density at radius 3 is 2.12 bits per heavy atom. The van der Waals surface area contributed by atoms with Crippen LogP contribution in [0.25, 0.3) is 0 Å². The number of carbonyl (C=O) groups is 5. The molecule has 13 nitrogen and oxygen atoms in total. The van der Waals surface area contributed by atoms with Gasteiger partial charge >= 0.3 is 5.97 Å². The average molecular weight is 486 g/mol. The van der Waals surface area contributed by atoms with E-state index in [1.807, 2.05) is 13.8 Å². The van der Waals surface area contributed by atoms with Gasteiger partial charge in [0.15, 0.2) is 0 Å². The Labute approximate surface area is 196 Å². The second kappa shape index (κ2) is 13.4. The summed E-state index contributed by atoms with van der Waals surface area (Å²) in [5.41, 5.74) is 11.7. The number of primary amides is 1. The van der Waals surface area contributed by atoms with Gasteiger partial charge in [0.2, 0.25) is 23.6 Å². The number of aromatic nitrogens is 2. The van der Waals surface area contributed by atoms with Crippen molar-refractivity contribution in [1.82, 2.24) is 25.9 Å². The number of carboxylic acids is 1. The number of nitrogens with two attached hydrogens (primary N) is 2. The van der Waals surface area contributed by atoms with Crippen LogP contribution in [0.1, 0.15) is 32.4 Å². The van der Waals surface area contributed by atoms with Crippen molar-refractivity contribution in [3.05, 3.63) is 18.2 Å². The van der Waals surface area contributed by atoms with Crippen molar-refractivity contribution in [2.75, 3.05) is 5.75 Å². The van der Waals surface area contributed by atoms with Gasteiger partial charge in [0.1, 0.15) is 18.1 Å². The standard InChI is InChI=1S/C19H31N7O6S/c1-9(2)3-12(24-16(28)11(20)4-10-6-22-8-23-10)17(29)25-13(5-15(21)27)18(30)26-14(7-33)19(31)32/h6,8-9,11-14,33H,3-5,7,20H2,1-2H3,(H2,21,27)(H,22,23)(H,24,28)(H,25,29)(H,26,30)(H,31,32). The molecule has 9 N–H and O–H groups in total. The van der Waals surface area contributed by atoms with Crippen molar-refractivity contribution in [3.63, 3.8) is 0 Å². The van der Waals surface area contributed by atoms with Gasteiger partial charge in [-0.2, -0.15) is 12.6 Å². The Morgan fingerprint density at radius 2 is 1.64 bits per heavy atom. The molecule has 0 aliphatic heterocycles. The molecule has 4 unspecified atom stereocenters. The highest BCUT2D eigenvalue weighted by atomic mass is 32.1. The first-order chi connectivity index (χ1) is 15.4. The molecule has 33 heavy (non-hydrogen) atoms. The molecule has 1 heterocycles. The summed E-state index contributed by atoms with van der Waals surface area (Å²) in [6, 6.07) is -4.81. The summed E-state index contributed by atoms with van der Waals surface area (Å²) < 4.78 is 0. The normalized spacial score (nSPS) is 14.6. The highest BCUT2D eigenvalue weighted by Crippen LogP contribution is 2.07. The van der Waals surface area contributed by atoms with E-state index in [4.69, 9.17) is 16.6 Å². The van der Waals surface area contributed by atoms with Crippen LogP contribution in [0, 0.1) is 5.92 Å². The van der Waals surface area contributed by atoms with Gasteiger partial charge in [0, 0.05) is 24.1 Å². The lowest BCUT2D eigenvalue weighted by atomic mass is 10.0. The molecule has 0 bridgehead atoms. The van der Waals surface area contributed by atoms with E-state index in [2.05, 4.69) is 38.5 Å². The van der Waals surface area contributed by atoms with Crippen LogP contribution in [0.2, 0.25) is 0 Å². The van der Waals surface area contributed by atoms with Crippen molar-refractivity contribution >= 4 is 42.2 Å². The zero-order valence-electron chi connectivity index (χ0n) is 18.4. The molecule has 0 saturated heterocycles. The molecule has 1 rings (SSSR count). The number of carbonyl (C=O) groups excluding carboxylic acids is 4. The second-order valence-corrected chi connectivity index (χ2v) is 8.26. The largest absolute Gasteiger partial charge is 0.480 e. The third-order valence-corrected chi connectivity index (χ3v) is 4.87. The maximum atomic E-state index is 12.9. The number of aliphatic carboxylic acids is 1. The fourth-order valence-electron chi connectivity index (χ4n) is 2.85.